The van der Waals surface area contributed by atoms with E-state index in [2.05, 4.69) is 21.2 Å². The second-order valence-corrected chi connectivity index (χ2v) is 9.01. The van der Waals surface area contributed by atoms with Crippen LogP contribution in [-0.2, 0) is 4.79 Å². The van der Waals surface area contributed by atoms with Crippen molar-refractivity contribution < 1.29 is 24.1 Å². The Morgan fingerprint density at radius 3 is 2.36 bits per heavy atom. The average molecular weight is 665 g/mol. The van der Waals surface area contributed by atoms with E-state index >= 15 is 0 Å². The molecule has 36 heavy (non-hydrogen) atoms. The van der Waals surface area contributed by atoms with Gasteiger partial charge in [0.15, 0.2) is 11.5 Å². The Morgan fingerprint density at radius 1 is 1.08 bits per heavy atom. The van der Waals surface area contributed by atoms with E-state index in [9.17, 15) is 30.3 Å². The number of hydrogen-bond donors (Lipinski definition) is 1. The molecule has 0 aliphatic carbocycles. The molecule has 0 aromatic heterocycles. The van der Waals surface area contributed by atoms with Crippen LogP contribution in [0.2, 0.25) is 0 Å². The Bertz CT molecular complexity index is 1440. The summed E-state index contributed by atoms with van der Waals surface area (Å²) >= 11 is 5.21. The van der Waals surface area contributed by atoms with Gasteiger partial charge in [0, 0.05) is 16.2 Å². The van der Waals surface area contributed by atoms with Crippen LogP contribution in [-0.4, -0.2) is 22.9 Å². The molecule has 0 aliphatic heterocycles. The molecule has 3 aromatic rings. The van der Waals surface area contributed by atoms with Gasteiger partial charge in [-0.25, -0.2) is 0 Å². The summed E-state index contributed by atoms with van der Waals surface area (Å²) in [7, 11) is 1.35. The maximum atomic E-state index is 12.6. The van der Waals surface area contributed by atoms with E-state index in [1.807, 2.05) is 28.7 Å². The van der Waals surface area contributed by atoms with Gasteiger partial charge >= 0.3 is 5.69 Å². The molecule has 0 fully saturated rings. The van der Waals surface area contributed by atoms with Crippen molar-refractivity contribution in [2.24, 2.45) is 0 Å². The van der Waals surface area contributed by atoms with Gasteiger partial charge < -0.3 is 14.8 Å². The molecule has 3 rings (SSSR count). The molecule has 0 saturated carbocycles. The molecular weight excluding hydrogens is 651 g/mol. The normalized spacial score (nSPS) is 10.8. The zero-order valence-electron chi connectivity index (χ0n) is 18.2. The number of rotatable bonds is 8. The van der Waals surface area contributed by atoms with Crippen LogP contribution in [0.25, 0.3) is 6.08 Å². The van der Waals surface area contributed by atoms with Gasteiger partial charge in [-0.1, -0.05) is 15.9 Å². The van der Waals surface area contributed by atoms with Crippen molar-refractivity contribution in [2.75, 3.05) is 12.4 Å². The van der Waals surface area contributed by atoms with E-state index in [1.165, 1.54) is 19.3 Å². The summed E-state index contributed by atoms with van der Waals surface area (Å²) in [5.74, 6) is -0.566. The fourth-order valence-corrected chi connectivity index (χ4v) is 3.93. The van der Waals surface area contributed by atoms with Crippen molar-refractivity contribution in [3.8, 4) is 23.3 Å². The van der Waals surface area contributed by atoms with Crippen LogP contribution >= 0.6 is 38.5 Å². The van der Waals surface area contributed by atoms with E-state index in [4.69, 9.17) is 9.47 Å². The van der Waals surface area contributed by atoms with E-state index in [0.717, 1.165) is 22.7 Å². The minimum absolute atomic E-state index is 0.116. The molecule has 0 atom stereocenters. The van der Waals surface area contributed by atoms with E-state index in [0.29, 0.717) is 14.8 Å². The maximum absolute atomic E-state index is 12.6. The van der Waals surface area contributed by atoms with E-state index in [1.54, 1.807) is 30.3 Å². The standard InChI is InChI=1S/C23H14BrIN4O7/c1-35-21-10-13(8-14(12-26)23(30)27-16-4-2-15(24)3-5-16)9-18(25)22(21)36-20-7-6-17(28(31)32)11-19(20)29(33)34/h2-11H,1H3,(H,27,30)/b14-8+. The monoisotopic (exact) mass is 664 g/mol. The molecule has 0 saturated heterocycles. The van der Waals surface area contributed by atoms with Crippen LogP contribution in [0.4, 0.5) is 17.1 Å². The topological polar surface area (TPSA) is 158 Å². The van der Waals surface area contributed by atoms with Crippen LogP contribution in [0.3, 0.4) is 0 Å². The van der Waals surface area contributed by atoms with Crippen molar-refractivity contribution in [1.82, 2.24) is 0 Å². The Labute approximate surface area is 225 Å². The summed E-state index contributed by atoms with van der Waals surface area (Å²) in [6.45, 7) is 0. The van der Waals surface area contributed by atoms with Crippen LogP contribution in [0, 0.1) is 35.1 Å². The summed E-state index contributed by atoms with van der Waals surface area (Å²) in [5.41, 5.74) is -0.284. The van der Waals surface area contributed by atoms with Gasteiger partial charge in [-0.05, 0) is 76.7 Å². The Morgan fingerprint density at radius 2 is 1.78 bits per heavy atom. The maximum Gasteiger partial charge on any atom is 0.318 e. The molecule has 0 bridgehead atoms. The van der Waals surface area contributed by atoms with Gasteiger partial charge in [-0.3, -0.25) is 25.0 Å². The molecule has 0 radical (unpaired) electrons. The van der Waals surface area contributed by atoms with Gasteiger partial charge in [0.1, 0.15) is 11.6 Å². The molecule has 13 heteroatoms. The summed E-state index contributed by atoms with van der Waals surface area (Å²) in [4.78, 5) is 33.4. The quantitative estimate of drug-likeness (QED) is 0.0978. The first kappa shape index (κ1) is 26.6. The van der Waals surface area contributed by atoms with Gasteiger partial charge in [0.05, 0.1) is 26.6 Å². The molecule has 1 amide bonds. The first-order valence-corrected chi connectivity index (χ1v) is 11.7. The van der Waals surface area contributed by atoms with Gasteiger partial charge in [0.2, 0.25) is 5.75 Å². The molecule has 0 spiro atoms. The number of methoxy groups -OCH3 is 1. The number of anilines is 1. The molecule has 3 aromatic carbocycles. The first-order chi connectivity index (χ1) is 17.1. The summed E-state index contributed by atoms with van der Waals surface area (Å²) in [5, 5.41) is 34.6. The van der Waals surface area contributed by atoms with Crippen LogP contribution in [0.15, 0.2) is 64.6 Å². The van der Waals surface area contributed by atoms with Gasteiger partial charge in [-0.15, -0.1) is 0 Å². The number of benzene rings is 3. The largest absolute Gasteiger partial charge is 0.493 e. The minimum atomic E-state index is -0.790. The number of nitriles is 1. The number of carbonyl (C=O) groups excluding carboxylic acids is 1. The second-order valence-electron chi connectivity index (χ2n) is 6.93. The van der Waals surface area contributed by atoms with Crippen molar-refractivity contribution in [1.29, 1.82) is 5.26 Å². The minimum Gasteiger partial charge on any atom is -0.493 e. The lowest BCUT2D eigenvalue weighted by molar-refractivity contribution is -0.394. The number of nitrogens with zero attached hydrogens (tertiary/aromatic N) is 3. The lowest BCUT2D eigenvalue weighted by atomic mass is 10.1. The lowest BCUT2D eigenvalue weighted by Gasteiger charge is -2.13. The third-order valence-electron chi connectivity index (χ3n) is 4.59. The number of hydrogen-bond acceptors (Lipinski definition) is 8. The predicted octanol–water partition coefficient (Wildman–Crippen LogP) is 6.22. The molecular formula is C23H14BrIN4O7. The summed E-state index contributed by atoms with van der Waals surface area (Å²) in [6.07, 6.45) is 1.36. The molecule has 182 valence electrons. The number of halogens is 2. The Kier molecular flexibility index (Phi) is 8.56. The number of non-ortho nitro benzene ring substituents is 1. The number of nitro benzene ring substituents is 2. The SMILES string of the molecule is COc1cc(/C=C(\C#N)C(=O)Nc2ccc(Br)cc2)cc(I)c1Oc1ccc([N+](=O)[O-])cc1[N+](=O)[O-]. The predicted molar refractivity (Wildman–Crippen MR) is 142 cm³/mol. The highest BCUT2D eigenvalue weighted by atomic mass is 127. The second kappa shape index (κ2) is 11.6. The summed E-state index contributed by atoms with van der Waals surface area (Å²) in [6, 6.07) is 14.8. The van der Waals surface area contributed by atoms with Crippen LogP contribution in [0.1, 0.15) is 5.56 Å². The molecule has 0 aliphatic rings. The molecule has 1 N–H and O–H groups in total. The highest BCUT2D eigenvalue weighted by Gasteiger charge is 2.23. The van der Waals surface area contributed by atoms with Crippen molar-refractivity contribution in [2.45, 2.75) is 0 Å². The van der Waals surface area contributed by atoms with E-state index in [-0.39, 0.29) is 22.8 Å². The average Bonchev–Trinajstić information content (AvgIpc) is 2.85. The van der Waals surface area contributed by atoms with Crippen molar-refractivity contribution >= 4 is 67.6 Å². The number of ether oxygens (including phenoxy) is 2. The highest BCUT2D eigenvalue weighted by Crippen LogP contribution is 2.41. The zero-order chi connectivity index (χ0) is 26.4. The molecule has 11 nitrogen and oxygen atoms in total. The van der Waals surface area contributed by atoms with Crippen LogP contribution < -0.4 is 14.8 Å². The van der Waals surface area contributed by atoms with Crippen LogP contribution in [0.5, 0.6) is 17.2 Å². The van der Waals surface area contributed by atoms with E-state index < -0.39 is 27.1 Å². The fraction of sp³-hybridized carbons (Fsp3) is 0.0435. The number of nitrogens with one attached hydrogen (secondary N) is 1. The number of carbonyl (C=O) groups is 1. The third-order valence-corrected chi connectivity index (χ3v) is 5.92. The number of nitro groups is 2. The molecule has 0 heterocycles. The Hall–Kier alpha value is -4.03. The first-order valence-electron chi connectivity index (χ1n) is 9.80. The fourth-order valence-electron chi connectivity index (χ4n) is 2.93. The zero-order valence-corrected chi connectivity index (χ0v) is 22.0. The highest BCUT2D eigenvalue weighted by molar-refractivity contribution is 14.1. The summed E-state index contributed by atoms with van der Waals surface area (Å²) < 4.78 is 12.3. The van der Waals surface area contributed by atoms with Gasteiger partial charge in [0.25, 0.3) is 11.6 Å². The number of amides is 1. The Balaban J connectivity index is 1.94. The lowest BCUT2D eigenvalue weighted by Crippen LogP contribution is -2.13. The van der Waals surface area contributed by atoms with Gasteiger partial charge in [-0.2, -0.15) is 5.26 Å². The van der Waals surface area contributed by atoms with Crippen molar-refractivity contribution in [3.63, 3.8) is 0 Å². The smallest absolute Gasteiger partial charge is 0.318 e. The third kappa shape index (κ3) is 6.34. The molecule has 0 unspecified atom stereocenters. The van der Waals surface area contributed by atoms with Crippen molar-refractivity contribution in [3.05, 3.63) is 94.0 Å².